The van der Waals surface area contributed by atoms with E-state index >= 15 is 0 Å². The van der Waals surface area contributed by atoms with Crippen LogP contribution in [0.25, 0.3) is 0 Å². The van der Waals surface area contributed by atoms with Crippen molar-refractivity contribution in [2.75, 3.05) is 0 Å². The van der Waals surface area contributed by atoms with E-state index < -0.39 is 0 Å². The fraction of sp³-hybridized carbons (Fsp3) is 0.133. The van der Waals surface area contributed by atoms with Crippen molar-refractivity contribution in [3.8, 4) is 5.75 Å². The van der Waals surface area contributed by atoms with Crippen LogP contribution >= 0.6 is 15.9 Å². The maximum absolute atomic E-state index is 8.66. The lowest BCUT2D eigenvalue weighted by molar-refractivity contribution is 0.304. The van der Waals surface area contributed by atoms with Crippen LogP contribution in [-0.2, 0) is 6.61 Å². The van der Waals surface area contributed by atoms with Crippen molar-refractivity contribution >= 4 is 22.1 Å². The zero-order valence-electron chi connectivity index (χ0n) is 10.5. The number of halogens is 1. The van der Waals surface area contributed by atoms with E-state index in [1.807, 2.05) is 43.3 Å². The zero-order valence-corrected chi connectivity index (χ0v) is 12.1. The van der Waals surface area contributed by atoms with Crippen molar-refractivity contribution < 1.29 is 9.94 Å². The fourth-order valence-corrected chi connectivity index (χ4v) is 2.16. The van der Waals surface area contributed by atoms with Gasteiger partial charge in [-0.15, -0.1) is 0 Å². The predicted octanol–water partition coefficient (Wildman–Crippen LogP) is 4.14. The van der Waals surface area contributed by atoms with Gasteiger partial charge in [-0.2, -0.15) is 0 Å². The largest absolute Gasteiger partial charge is 0.488 e. The smallest absolute Gasteiger partial charge is 0.128 e. The number of benzene rings is 2. The summed E-state index contributed by atoms with van der Waals surface area (Å²) in [6, 6.07) is 13.7. The van der Waals surface area contributed by atoms with Crippen LogP contribution in [0.4, 0.5) is 0 Å². The van der Waals surface area contributed by atoms with Gasteiger partial charge in [-0.3, -0.25) is 0 Å². The number of rotatable bonds is 4. The van der Waals surface area contributed by atoms with Gasteiger partial charge in [-0.25, -0.2) is 0 Å². The standard InChI is InChI=1S/C15H14BrNO2/c1-11-3-2-4-12(7-11)10-19-15-6-5-14(16)8-13(15)9-17-18/h2-9,18H,10H2,1H3. The van der Waals surface area contributed by atoms with Crippen LogP contribution < -0.4 is 4.74 Å². The summed E-state index contributed by atoms with van der Waals surface area (Å²) in [5, 5.41) is 11.7. The van der Waals surface area contributed by atoms with Gasteiger partial charge in [0.05, 0.1) is 6.21 Å². The Bertz CT molecular complexity index is 596. The predicted molar refractivity (Wildman–Crippen MR) is 79.0 cm³/mol. The maximum Gasteiger partial charge on any atom is 0.128 e. The third-order valence-corrected chi connectivity index (χ3v) is 3.14. The Balaban J connectivity index is 2.15. The molecule has 1 N–H and O–H groups in total. The first-order chi connectivity index (χ1) is 9.19. The monoisotopic (exact) mass is 319 g/mol. The molecule has 0 unspecified atom stereocenters. The molecule has 0 bridgehead atoms. The first-order valence-corrected chi connectivity index (χ1v) is 6.63. The lowest BCUT2D eigenvalue weighted by Gasteiger charge is -2.09. The molecular weight excluding hydrogens is 306 g/mol. The summed E-state index contributed by atoms with van der Waals surface area (Å²) in [4.78, 5) is 0. The van der Waals surface area contributed by atoms with Crippen molar-refractivity contribution in [3.05, 3.63) is 63.6 Å². The van der Waals surface area contributed by atoms with Gasteiger partial charge in [-0.05, 0) is 30.7 Å². The summed E-state index contributed by atoms with van der Waals surface area (Å²) in [6.45, 7) is 2.53. The molecular formula is C15H14BrNO2. The highest BCUT2D eigenvalue weighted by Crippen LogP contribution is 2.23. The highest BCUT2D eigenvalue weighted by Gasteiger charge is 2.03. The lowest BCUT2D eigenvalue weighted by Crippen LogP contribution is -1.98. The van der Waals surface area contributed by atoms with E-state index in [1.165, 1.54) is 11.8 Å². The molecule has 0 aliphatic carbocycles. The normalized spacial score (nSPS) is 10.8. The number of hydrogen-bond donors (Lipinski definition) is 1. The molecule has 2 rings (SSSR count). The van der Waals surface area contributed by atoms with Crippen LogP contribution in [-0.4, -0.2) is 11.4 Å². The van der Waals surface area contributed by atoms with E-state index in [0.29, 0.717) is 12.4 Å². The minimum absolute atomic E-state index is 0.482. The molecule has 0 saturated heterocycles. The number of aryl methyl sites for hydroxylation is 1. The van der Waals surface area contributed by atoms with E-state index in [-0.39, 0.29) is 0 Å². The SMILES string of the molecule is Cc1cccc(COc2ccc(Br)cc2C=NO)c1. The van der Waals surface area contributed by atoms with E-state index in [4.69, 9.17) is 9.94 Å². The first kappa shape index (κ1) is 13.6. The zero-order chi connectivity index (χ0) is 13.7. The van der Waals surface area contributed by atoms with Gasteiger partial charge < -0.3 is 9.94 Å². The van der Waals surface area contributed by atoms with Gasteiger partial charge in [-0.1, -0.05) is 50.9 Å². The topological polar surface area (TPSA) is 41.8 Å². The molecule has 0 aliphatic heterocycles. The third-order valence-electron chi connectivity index (χ3n) is 2.65. The molecule has 0 spiro atoms. The van der Waals surface area contributed by atoms with Crippen LogP contribution in [0.3, 0.4) is 0 Å². The van der Waals surface area contributed by atoms with Crippen molar-refractivity contribution in [2.45, 2.75) is 13.5 Å². The molecule has 0 radical (unpaired) electrons. The third kappa shape index (κ3) is 3.83. The van der Waals surface area contributed by atoms with Crippen molar-refractivity contribution in [2.24, 2.45) is 5.16 Å². The minimum Gasteiger partial charge on any atom is -0.488 e. The average Bonchev–Trinajstić information content (AvgIpc) is 2.38. The molecule has 0 aliphatic rings. The second kappa shape index (κ2) is 6.38. The first-order valence-electron chi connectivity index (χ1n) is 5.84. The summed E-state index contributed by atoms with van der Waals surface area (Å²) in [5.41, 5.74) is 3.04. The number of hydrogen-bond acceptors (Lipinski definition) is 3. The van der Waals surface area contributed by atoms with Crippen molar-refractivity contribution in [1.29, 1.82) is 0 Å². The van der Waals surface area contributed by atoms with Crippen molar-refractivity contribution in [3.63, 3.8) is 0 Å². The Morgan fingerprint density at radius 3 is 2.84 bits per heavy atom. The molecule has 0 aromatic heterocycles. The van der Waals surface area contributed by atoms with Crippen LogP contribution in [0.1, 0.15) is 16.7 Å². The second-order valence-corrected chi connectivity index (χ2v) is 5.12. The summed E-state index contributed by atoms with van der Waals surface area (Å²) in [7, 11) is 0. The maximum atomic E-state index is 8.66. The molecule has 2 aromatic rings. The number of oxime groups is 1. The summed E-state index contributed by atoms with van der Waals surface area (Å²) >= 11 is 3.37. The summed E-state index contributed by atoms with van der Waals surface area (Å²) in [5.74, 6) is 0.683. The molecule has 0 atom stereocenters. The van der Waals surface area contributed by atoms with E-state index in [2.05, 4.69) is 27.2 Å². The number of ether oxygens (including phenoxy) is 1. The molecule has 0 fully saturated rings. The average molecular weight is 320 g/mol. The van der Waals surface area contributed by atoms with Gasteiger partial charge in [0.25, 0.3) is 0 Å². The molecule has 0 saturated carbocycles. The summed E-state index contributed by atoms with van der Waals surface area (Å²) < 4.78 is 6.67. The molecule has 4 heteroatoms. The van der Waals surface area contributed by atoms with Crippen LogP contribution in [0.2, 0.25) is 0 Å². The van der Waals surface area contributed by atoms with Gasteiger partial charge in [0.2, 0.25) is 0 Å². The Morgan fingerprint density at radius 2 is 2.11 bits per heavy atom. The van der Waals surface area contributed by atoms with Gasteiger partial charge in [0, 0.05) is 10.0 Å². The van der Waals surface area contributed by atoms with Crippen molar-refractivity contribution in [1.82, 2.24) is 0 Å². The lowest BCUT2D eigenvalue weighted by atomic mass is 10.1. The molecule has 0 heterocycles. The molecule has 0 amide bonds. The Labute approximate surface area is 120 Å². The minimum atomic E-state index is 0.482. The van der Waals surface area contributed by atoms with Gasteiger partial charge in [0.15, 0.2) is 0 Å². The van der Waals surface area contributed by atoms with Crippen LogP contribution in [0, 0.1) is 6.92 Å². The van der Waals surface area contributed by atoms with Crippen LogP contribution in [0.15, 0.2) is 52.1 Å². The fourth-order valence-electron chi connectivity index (χ4n) is 1.78. The highest BCUT2D eigenvalue weighted by atomic mass is 79.9. The second-order valence-electron chi connectivity index (χ2n) is 4.20. The molecule has 3 nitrogen and oxygen atoms in total. The highest BCUT2D eigenvalue weighted by molar-refractivity contribution is 9.10. The molecule has 98 valence electrons. The Morgan fingerprint density at radius 1 is 1.26 bits per heavy atom. The van der Waals surface area contributed by atoms with E-state index in [0.717, 1.165) is 15.6 Å². The van der Waals surface area contributed by atoms with E-state index in [1.54, 1.807) is 0 Å². The molecule has 2 aromatic carbocycles. The Kier molecular flexibility index (Phi) is 4.58. The Hall–Kier alpha value is -1.81. The number of nitrogens with zero attached hydrogens (tertiary/aromatic N) is 1. The van der Waals surface area contributed by atoms with Crippen LogP contribution in [0.5, 0.6) is 5.75 Å². The van der Waals surface area contributed by atoms with E-state index in [9.17, 15) is 0 Å². The van der Waals surface area contributed by atoms with Gasteiger partial charge in [0.1, 0.15) is 12.4 Å². The molecule has 19 heavy (non-hydrogen) atoms. The van der Waals surface area contributed by atoms with Gasteiger partial charge >= 0.3 is 0 Å². The quantitative estimate of drug-likeness (QED) is 0.522. The summed E-state index contributed by atoms with van der Waals surface area (Å²) in [6.07, 6.45) is 1.36.